The minimum absolute atomic E-state index is 0.664. The molecular formula is C17H18BrN3O2. The first-order chi connectivity index (χ1) is 11.0. The summed E-state index contributed by atoms with van der Waals surface area (Å²) in [4.78, 5) is 0. The Bertz CT molecular complexity index is 844. The van der Waals surface area contributed by atoms with Gasteiger partial charge in [-0.3, -0.25) is 0 Å². The Morgan fingerprint density at radius 1 is 1.13 bits per heavy atom. The van der Waals surface area contributed by atoms with Gasteiger partial charge in [-0.2, -0.15) is 0 Å². The number of anilines is 1. The maximum absolute atomic E-state index is 6.37. The zero-order chi connectivity index (χ0) is 16.7. The van der Waals surface area contributed by atoms with Crippen molar-refractivity contribution < 1.29 is 9.26 Å². The lowest BCUT2D eigenvalue weighted by molar-refractivity contribution is 0.393. The molecule has 3 rings (SSSR count). The number of nitrogens with two attached hydrogens (primary N) is 1. The summed E-state index contributed by atoms with van der Waals surface area (Å²) >= 11 is 3.66. The standard InChI is InChI=1S/C17H18BrN3O2/c1-9-13(10(2)23-20-9)15-14(16(18)21(3)17(15)19)11-5-7-12(22-4)8-6-11/h5-8H,19H2,1-4H3. The van der Waals surface area contributed by atoms with Gasteiger partial charge in [-0.25, -0.2) is 0 Å². The van der Waals surface area contributed by atoms with E-state index in [-0.39, 0.29) is 0 Å². The molecule has 23 heavy (non-hydrogen) atoms. The molecule has 0 amide bonds. The molecule has 1 aromatic carbocycles. The zero-order valence-corrected chi connectivity index (χ0v) is 15.1. The van der Waals surface area contributed by atoms with Crippen molar-refractivity contribution in [3.63, 3.8) is 0 Å². The lowest BCUT2D eigenvalue weighted by atomic mass is 9.97. The van der Waals surface area contributed by atoms with Crippen molar-refractivity contribution in [3.8, 4) is 28.0 Å². The predicted octanol–water partition coefficient (Wildman–Crippen LogP) is 4.32. The number of halogens is 1. The van der Waals surface area contributed by atoms with Crippen molar-refractivity contribution in [1.29, 1.82) is 0 Å². The summed E-state index contributed by atoms with van der Waals surface area (Å²) in [6, 6.07) is 7.89. The molecule has 0 unspecified atom stereocenters. The van der Waals surface area contributed by atoms with Gasteiger partial charge in [0.1, 0.15) is 17.3 Å². The maximum atomic E-state index is 6.37. The second-order valence-electron chi connectivity index (χ2n) is 5.41. The summed E-state index contributed by atoms with van der Waals surface area (Å²) in [7, 11) is 3.58. The molecule has 2 heterocycles. The Hall–Kier alpha value is -2.21. The Kier molecular flexibility index (Phi) is 3.93. The van der Waals surface area contributed by atoms with Crippen LogP contribution in [0.2, 0.25) is 0 Å². The van der Waals surface area contributed by atoms with E-state index in [1.54, 1.807) is 7.11 Å². The number of benzene rings is 1. The van der Waals surface area contributed by atoms with E-state index in [1.807, 2.05) is 49.7 Å². The topological polar surface area (TPSA) is 66.2 Å². The van der Waals surface area contributed by atoms with E-state index in [1.165, 1.54) is 0 Å². The molecule has 0 aliphatic carbocycles. The highest BCUT2D eigenvalue weighted by atomic mass is 79.9. The highest BCUT2D eigenvalue weighted by molar-refractivity contribution is 9.10. The van der Waals surface area contributed by atoms with Gasteiger partial charge >= 0.3 is 0 Å². The SMILES string of the molecule is COc1ccc(-c2c(-c3c(C)noc3C)c(N)n(C)c2Br)cc1. The first kappa shape index (κ1) is 15.7. The Labute approximate surface area is 143 Å². The first-order valence-electron chi connectivity index (χ1n) is 7.17. The van der Waals surface area contributed by atoms with Gasteiger partial charge in [-0.1, -0.05) is 17.3 Å². The monoisotopic (exact) mass is 375 g/mol. The van der Waals surface area contributed by atoms with Crippen molar-refractivity contribution >= 4 is 21.7 Å². The molecule has 0 radical (unpaired) electrons. The Balaban J connectivity index is 2.30. The van der Waals surface area contributed by atoms with Crippen LogP contribution in [0, 0.1) is 13.8 Å². The molecule has 0 spiro atoms. The van der Waals surface area contributed by atoms with E-state index in [9.17, 15) is 0 Å². The molecule has 3 aromatic rings. The van der Waals surface area contributed by atoms with Crippen LogP contribution in [0.25, 0.3) is 22.3 Å². The van der Waals surface area contributed by atoms with Gasteiger partial charge in [0.2, 0.25) is 0 Å². The lowest BCUT2D eigenvalue weighted by Gasteiger charge is -2.07. The average Bonchev–Trinajstić information content (AvgIpc) is 2.99. The van der Waals surface area contributed by atoms with Crippen molar-refractivity contribution in [2.45, 2.75) is 13.8 Å². The molecule has 0 aliphatic heterocycles. The molecule has 0 fully saturated rings. The number of aryl methyl sites for hydroxylation is 2. The number of methoxy groups -OCH3 is 1. The summed E-state index contributed by atoms with van der Waals surface area (Å²) in [5, 5.41) is 4.06. The number of aromatic nitrogens is 2. The fourth-order valence-electron chi connectivity index (χ4n) is 2.79. The highest BCUT2D eigenvalue weighted by Crippen LogP contribution is 2.45. The molecule has 0 aliphatic rings. The van der Waals surface area contributed by atoms with Gasteiger partial charge in [0.25, 0.3) is 0 Å². The van der Waals surface area contributed by atoms with Gasteiger partial charge in [-0.15, -0.1) is 0 Å². The zero-order valence-electron chi connectivity index (χ0n) is 13.5. The predicted molar refractivity (Wildman–Crippen MR) is 94.5 cm³/mol. The van der Waals surface area contributed by atoms with E-state index in [4.69, 9.17) is 15.0 Å². The Morgan fingerprint density at radius 2 is 1.78 bits per heavy atom. The fourth-order valence-corrected chi connectivity index (χ4v) is 3.40. The molecule has 0 saturated carbocycles. The van der Waals surface area contributed by atoms with Gasteiger partial charge in [0.15, 0.2) is 0 Å². The summed E-state index contributed by atoms with van der Waals surface area (Å²) in [5.41, 5.74) is 11.1. The van der Waals surface area contributed by atoms with Crippen LogP contribution in [-0.2, 0) is 7.05 Å². The third-order valence-electron chi connectivity index (χ3n) is 4.03. The van der Waals surface area contributed by atoms with Crippen molar-refractivity contribution in [2.75, 3.05) is 12.8 Å². The van der Waals surface area contributed by atoms with Crippen LogP contribution in [0.5, 0.6) is 5.75 Å². The van der Waals surface area contributed by atoms with Gasteiger partial charge < -0.3 is 19.6 Å². The van der Waals surface area contributed by atoms with E-state index in [2.05, 4.69) is 21.1 Å². The molecule has 0 atom stereocenters. The van der Waals surface area contributed by atoms with E-state index in [0.29, 0.717) is 5.82 Å². The minimum atomic E-state index is 0.664. The van der Waals surface area contributed by atoms with Crippen LogP contribution in [0.3, 0.4) is 0 Å². The number of nitrogens with zero attached hydrogens (tertiary/aromatic N) is 2. The van der Waals surface area contributed by atoms with Crippen LogP contribution in [0.15, 0.2) is 33.4 Å². The minimum Gasteiger partial charge on any atom is -0.497 e. The maximum Gasteiger partial charge on any atom is 0.141 e. The van der Waals surface area contributed by atoms with Crippen molar-refractivity contribution in [3.05, 3.63) is 40.3 Å². The number of hydrogen-bond acceptors (Lipinski definition) is 4. The van der Waals surface area contributed by atoms with Crippen LogP contribution >= 0.6 is 15.9 Å². The smallest absolute Gasteiger partial charge is 0.141 e. The van der Waals surface area contributed by atoms with Gasteiger partial charge in [-0.05, 0) is 47.5 Å². The molecular weight excluding hydrogens is 358 g/mol. The Morgan fingerprint density at radius 3 is 2.30 bits per heavy atom. The molecule has 120 valence electrons. The first-order valence-corrected chi connectivity index (χ1v) is 7.96. The number of ether oxygens (including phenoxy) is 1. The van der Waals surface area contributed by atoms with Crippen LogP contribution in [0.4, 0.5) is 5.82 Å². The second kappa shape index (κ2) is 5.77. The summed E-state index contributed by atoms with van der Waals surface area (Å²) in [6.45, 7) is 3.82. The second-order valence-corrected chi connectivity index (χ2v) is 6.16. The van der Waals surface area contributed by atoms with Crippen molar-refractivity contribution in [2.24, 2.45) is 7.05 Å². The van der Waals surface area contributed by atoms with Crippen LogP contribution in [0.1, 0.15) is 11.5 Å². The van der Waals surface area contributed by atoms with Crippen LogP contribution in [-0.4, -0.2) is 16.8 Å². The van der Waals surface area contributed by atoms with Crippen molar-refractivity contribution in [1.82, 2.24) is 9.72 Å². The molecule has 0 saturated heterocycles. The third-order valence-corrected chi connectivity index (χ3v) is 4.96. The summed E-state index contributed by atoms with van der Waals surface area (Å²) < 4.78 is 13.4. The van der Waals surface area contributed by atoms with E-state index in [0.717, 1.165) is 44.1 Å². The van der Waals surface area contributed by atoms with E-state index < -0.39 is 0 Å². The molecule has 2 aromatic heterocycles. The molecule has 0 bridgehead atoms. The number of nitrogen functional groups attached to an aromatic ring is 1. The molecule has 2 N–H and O–H groups in total. The van der Waals surface area contributed by atoms with Gasteiger partial charge in [0.05, 0.1) is 23.0 Å². The van der Waals surface area contributed by atoms with Crippen LogP contribution < -0.4 is 10.5 Å². The quantitative estimate of drug-likeness (QED) is 0.740. The van der Waals surface area contributed by atoms with E-state index >= 15 is 0 Å². The molecule has 5 nitrogen and oxygen atoms in total. The normalized spacial score (nSPS) is 11.0. The highest BCUT2D eigenvalue weighted by Gasteiger charge is 2.25. The molecule has 6 heteroatoms. The fraction of sp³-hybridized carbons (Fsp3) is 0.235. The summed E-state index contributed by atoms with van der Waals surface area (Å²) in [5.74, 6) is 2.23. The lowest BCUT2D eigenvalue weighted by Crippen LogP contribution is -1.97. The summed E-state index contributed by atoms with van der Waals surface area (Å²) in [6.07, 6.45) is 0. The largest absolute Gasteiger partial charge is 0.497 e. The number of rotatable bonds is 3. The number of hydrogen-bond donors (Lipinski definition) is 1. The average molecular weight is 376 g/mol. The van der Waals surface area contributed by atoms with Gasteiger partial charge in [0, 0.05) is 18.2 Å². The third kappa shape index (κ3) is 2.43.